The van der Waals surface area contributed by atoms with Gasteiger partial charge in [0.1, 0.15) is 35.1 Å². The smallest absolute Gasteiger partial charge is 0.401 e. The summed E-state index contributed by atoms with van der Waals surface area (Å²) in [4.78, 5) is 20.1. The molecule has 3 rings (SSSR count). The van der Waals surface area contributed by atoms with Gasteiger partial charge in [0.2, 0.25) is 0 Å². The normalized spacial score (nSPS) is 11.6. The summed E-state index contributed by atoms with van der Waals surface area (Å²) >= 11 is 0. The summed E-state index contributed by atoms with van der Waals surface area (Å²) in [7, 11) is 2.98. The molecule has 0 radical (unpaired) electrons. The van der Waals surface area contributed by atoms with Crippen molar-refractivity contribution in [2.24, 2.45) is 0 Å². The Kier molecular flexibility index (Phi) is 6.93. The molecule has 0 spiro atoms. The van der Waals surface area contributed by atoms with E-state index in [1.807, 2.05) is 13.8 Å². The van der Waals surface area contributed by atoms with Crippen molar-refractivity contribution in [1.82, 2.24) is 15.3 Å². The van der Waals surface area contributed by atoms with E-state index in [9.17, 15) is 18.0 Å². The molecule has 0 unspecified atom stereocenters. The lowest BCUT2D eigenvalue weighted by Gasteiger charge is -2.15. The first kappa shape index (κ1) is 23.4. The maximum atomic E-state index is 12.7. The Morgan fingerprint density at radius 3 is 2.34 bits per heavy atom. The summed E-state index contributed by atoms with van der Waals surface area (Å²) in [6, 6.07) is 6.87. The number of fused-ring (bicyclic) bond motifs is 1. The number of hydrogen-bond donors (Lipinski definition) is 2. The summed E-state index contributed by atoms with van der Waals surface area (Å²) in [6.07, 6.45) is -4.26. The van der Waals surface area contributed by atoms with Gasteiger partial charge in [-0.3, -0.25) is 4.79 Å². The van der Waals surface area contributed by atoms with E-state index in [-0.39, 0.29) is 18.7 Å². The fraction of sp³-hybridized carbons (Fsp3) is 0.364. The van der Waals surface area contributed by atoms with Crippen LogP contribution >= 0.6 is 0 Å². The number of aromatic nitrogens is 2. The Balaban J connectivity index is 1.88. The van der Waals surface area contributed by atoms with Gasteiger partial charge in [0, 0.05) is 24.2 Å². The fourth-order valence-electron chi connectivity index (χ4n) is 3.40. The van der Waals surface area contributed by atoms with Crippen LogP contribution in [0.3, 0.4) is 0 Å². The van der Waals surface area contributed by atoms with E-state index in [2.05, 4.69) is 15.3 Å². The number of halogens is 3. The van der Waals surface area contributed by atoms with Crippen molar-refractivity contribution in [2.75, 3.05) is 33.9 Å². The van der Waals surface area contributed by atoms with Crippen LogP contribution in [0.4, 0.5) is 13.2 Å². The van der Waals surface area contributed by atoms with Gasteiger partial charge in [0.25, 0.3) is 5.56 Å². The lowest BCUT2D eigenvalue weighted by Crippen LogP contribution is -2.31. The second kappa shape index (κ2) is 9.47. The van der Waals surface area contributed by atoms with E-state index in [1.54, 1.807) is 24.3 Å². The summed E-state index contributed by atoms with van der Waals surface area (Å²) in [5, 5.41) is 2.61. The maximum Gasteiger partial charge on any atom is 0.401 e. The van der Waals surface area contributed by atoms with Gasteiger partial charge < -0.3 is 24.5 Å². The first-order valence-corrected chi connectivity index (χ1v) is 9.81. The van der Waals surface area contributed by atoms with E-state index < -0.39 is 12.7 Å². The molecule has 3 aromatic rings. The van der Waals surface area contributed by atoms with Crippen molar-refractivity contribution in [3.63, 3.8) is 0 Å². The predicted octanol–water partition coefficient (Wildman–Crippen LogP) is 3.75. The van der Waals surface area contributed by atoms with Gasteiger partial charge in [-0.15, -0.1) is 0 Å². The average Bonchev–Trinajstić information content (AvgIpc) is 2.73. The SMILES string of the molecule is COc1cc(OC)c2c(=O)[nH]c(-c3cc(C)c(OCCNCC(F)(F)F)c(C)c3)nc2c1. The highest BCUT2D eigenvalue weighted by Gasteiger charge is 2.26. The van der Waals surface area contributed by atoms with E-state index in [0.717, 1.165) is 11.1 Å². The third-order valence-electron chi connectivity index (χ3n) is 4.79. The van der Waals surface area contributed by atoms with Gasteiger partial charge in [-0.25, -0.2) is 4.98 Å². The van der Waals surface area contributed by atoms with Crippen LogP contribution in [0.1, 0.15) is 11.1 Å². The third kappa shape index (κ3) is 5.31. The first-order valence-electron chi connectivity index (χ1n) is 9.81. The largest absolute Gasteiger partial charge is 0.497 e. The van der Waals surface area contributed by atoms with Crippen LogP contribution in [0.15, 0.2) is 29.1 Å². The second-order valence-corrected chi connectivity index (χ2v) is 7.22. The Labute approximate surface area is 182 Å². The number of H-pyrrole nitrogens is 1. The highest BCUT2D eigenvalue weighted by molar-refractivity contribution is 5.87. The van der Waals surface area contributed by atoms with Gasteiger partial charge in [-0.05, 0) is 37.1 Å². The molecule has 0 saturated heterocycles. The number of methoxy groups -OCH3 is 2. The monoisotopic (exact) mass is 451 g/mol. The highest BCUT2D eigenvalue weighted by Crippen LogP contribution is 2.31. The number of aromatic amines is 1. The molecular formula is C22H24F3N3O4. The highest BCUT2D eigenvalue weighted by atomic mass is 19.4. The number of nitrogens with zero attached hydrogens (tertiary/aromatic N) is 1. The number of nitrogens with one attached hydrogen (secondary N) is 2. The lowest BCUT2D eigenvalue weighted by molar-refractivity contribution is -0.124. The Morgan fingerprint density at radius 2 is 1.75 bits per heavy atom. The number of hydrogen-bond acceptors (Lipinski definition) is 6. The minimum absolute atomic E-state index is 0.0589. The van der Waals surface area contributed by atoms with Crippen LogP contribution < -0.4 is 25.1 Å². The predicted molar refractivity (Wildman–Crippen MR) is 115 cm³/mol. The molecule has 172 valence electrons. The molecule has 0 aliphatic carbocycles. The molecule has 2 N–H and O–H groups in total. The summed E-state index contributed by atoms with van der Waals surface area (Å²) < 4.78 is 52.8. The van der Waals surface area contributed by atoms with Crippen LogP contribution in [-0.2, 0) is 0 Å². The van der Waals surface area contributed by atoms with Gasteiger partial charge in [0.15, 0.2) is 0 Å². The zero-order valence-corrected chi connectivity index (χ0v) is 18.1. The molecule has 0 amide bonds. The van der Waals surface area contributed by atoms with Crippen LogP contribution in [-0.4, -0.2) is 50.1 Å². The molecule has 0 bridgehead atoms. The Bertz CT molecular complexity index is 1150. The van der Waals surface area contributed by atoms with Gasteiger partial charge >= 0.3 is 6.18 Å². The summed E-state index contributed by atoms with van der Waals surface area (Å²) in [5.74, 6) is 1.81. The topological polar surface area (TPSA) is 85.5 Å². The third-order valence-corrected chi connectivity index (χ3v) is 4.79. The molecule has 1 aromatic heterocycles. The minimum atomic E-state index is -4.26. The van der Waals surface area contributed by atoms with E-state index in [0.29, 0.717) is 39.5 Å². The molecule has 7 nitrogen and oxygen atoms in total. The summed E-state index contributed by atoms with van der Waals surface area (Å²) in [5.41, 5.74) is 2.27. The quantitative estimate of drug-likeness (QED) is 0.508. The van der Waals surface area contributed by atoms with Crippen LogP contribution in [0.5, 0.6) is 17.2 Å². The number of benzene rings is 2. The van der Waals surface area contributed by atoms with Crippen LogP contribution in [0.2, 0.25) is 0 Å². The van der Waals surface area contributed by atoms with Crippen molar-refractivity contribution >= 4 is 10.9 Å². The standard InChI is InChI=1S/C22H24F3N3O4/c1-12-7-14(8-13(2)19(12)32-6-5-26-11-22(23,24)25)20-27-16-9-15(30-3)10-17(31-4)18(16)21(29)28-20/h7-10,26H,5-6,11H2,1-4H3,(H,27,28,29). The molecule has 0 atom stereocenters. The van der Waals surface area contributed by atoms with Crippen LogP contribution in [0.25, 0.3) is 22.3 Å². The Morgan fingerprint density at radius 1 is 1.06 bits per heavy atom. The molecule has 0 fully saturated rings. The number of aryl methyl sites for hydroxylation is 2. The number of alkyl halides is 3. The molecule has 2 aromatic carbocycles. The molecule has 0 aliphatic rings. The molecular weight excluding hydrogens is 427 g/mol. The summed E-state index contributed by atoms with van der Waals surface area (Å²) in [6.45, 7) is 2.72. The molecule has 32 heavy (non-hydrogen) atoms. The van der Waals surface area contributed by atoms with Crippen molar-refractivity contribution < 1.29 is 27.4 Å². The van der Waals surface area contributed by atoms with Crippen LogP contribution in [0, 0.1) is 13.8 Å². The Hall–Kier alpha value is -3.27. The molecule has 1 heterocycles. The van der Waals surface area contributed by atoms with Crippen molar-refractivity contribution in [3.05, 3.63) is 45.7 Å². The molecule has 0 aliphatic heterocycles. The molecule has 0 saturated carbocycles. The average molecular weight is 451 g/mol. The van der Waals surface area contributed by atoms with E-state index in [4.69, 9.17) is 14.2 Å². The van der Waals surface area contributed by atoms with Gasteiger partial charge in [-0.1, -0.05) is 0 Å². The maximum absolute atomic E-state index is 12.7. The van der Waals surface area contributed by atoms with Gasteiger partial charge in [0.05, 0.1) is 26.3 Å². The van der Waals surface area contributed by atoms with Crippen molar-refractivity contribution in [1.29, 1.82) is 0 Å². The van der Waals surface area contributed by atoms with Gasteiger partial charge in [-0.2, -0.15) is 13.2 Å². The minimum Gasteiger partial charge on any atom is -0.497 e. The number of ether oxygens (including phenoxy) is 3. The molecule has 10 heteroatoms. The van der Waals surface area contributed by atoms with E-state index in [1.165, 1.54) is 14.2 Å². The second-order valence-electron chi connectivity index (χ2n) is 7.22. The zero-order chi connectivity index (χ0) is 23.5. The number of rotatable bonds is 8. The zero-order valence-electron chi connectivity index (χ0n) is 18.1. The van der Waals surface area contributed by atoms with Crippen molar-refractivity contribution in [2.45, 2.75) is 20.0 Å². The lowest BCUT2D eigenvalue weighted by atomic mass is 10.0. The van der Waals surface area contributed by atoms with E-state index >= 15 is 0 Å². The first-order chi connectivity index (χ1) is 15.1. The fourth-order valence-corrected chi connectivity index (χ4v) is 3.40. The van der Waals surface area contributed by atoms with Crippen molar-refractivity contribution in [3.8, 4) is 28.6 Å².